The van der Waals surface area contributed by atoms with E-state index in [1.165, 1.54) is 11.3 Å². The minimum absolute atomic E-state index is 0.0793. The van der Waals surface area contributed by atoms with Gasteiger partial charge in [-0.15, -0.1) is 0 Å². The molecule has 3 heterocycles. The molecule has 1 aliphatic carbocycles. The molecule has 0 saturated carbocycles. The second-order valence-electron chi connectivity index (χ2n) is 10.0. The molecule has 2 saturated heterocycles. The van der Waals surface area contributed by atoms with Gasteiger partial charge in [-0.2, -0.15) is 5.10 Å². The van der Waals surface area contributed by atoms with Gasteiger partial charge in [-0.3, -0.25) is 9.89 Å². The van der Waals surface area contributed by atoms with E-state index in [1.807, 2.05) is 18.3 Å². The van der Waals surface area contributed by atoms with E-state index >= 15 is 0 Å². The summed E-state index contributed by atoms with van der Waals surface area (Å²) in [6.45, 7) is 4.15. The summed E-state index contributed by atoms with van der Waals surface area (Å²) in [5, 5.41) is 8.53. The van der Waals surface area contributed by atoms with Gasteiger partial charge in [0.05, 0.1) is 18.9 Å². The van der Waals surface area contributed by atoms with Crippen molar-refractivity contribution in [3.63, 3.8) is 0 Å². The molecule has 1 amide bonds. The number of likely N-dealkylation sites (tertiary alicyclic amines) is 1. The monoisotopic (exact) mass is 524 g/mol. The van der Waals surface area contributed by atoms with Gasteiger partial charge in [-0.05, 0) is 78.6 Å². The minimum Gasteiger partial charge on any atom is -0.378 e. The molecule has 3 aromatic rings. The quantitative estimate of drug-likeness (QED) is 0.500. The third-order valence-electron chi connectivity index (χ3n) is 7.94. The molecule has 2 aliphatic heterocycles. The highest BCUT2D eigenvalue weighted by Crippen LogP contribution is 2.37. The third-order valence-corrected chi connectivity index (χ3v) is 8.61. The molecule has 3 aliphatic rings. The van der Waals surface area contributed by atoms with E-state index < -0.39 is 0 Å². The highest BCUT2D eigenvalue weighted by molar-refractivity contribution is 6.36. The number of carbonyl (C=O) groups excluding carboxylic acids is 1. The molecule has 6 nitrogen and oxygen atoms in total. The Morgan fingerprint density at radius 2 is 1.75 bits per heavy atom. The van der Waals surface area contributed by atoms with Crippen LogP contribution in [0.3, 0.4) is 0 Å². The predicted octanol–water partition coefficient (Wildman–Crippen LogP) is 5.17. The highest BCUT2D eigenvalue weighted by atomic mass is 35.5. The zero-order valence-corrected chi connectivity index (χ0v) is 21.7. The average molecular weight is 525 g/mol. The summed E-state index contributed by atoms with van der Waals surface area (Å²) in [5.74, 6) is 0.145. The van der Waals surface area contributed by atoms with E-state index in [4.69, 9.17) is 27.9 Å². The first-order valence-electron chi connectivity index (χ1n) is 12.8. The highest BCUT2D eigenvalue weighted by Gasteiger charge is 2.38. The number of rotatable bonds is 5. The Labute approximate surface area is 221 Å². The maximum atomic E-state index is 13.3. The van der Waals surface area contributed by atoms with Crippen LogP contribution in [0, 0.1) is 5.92 Å². The fourth-order valence-corrected chi connectivity index (χ4v) is 6.52. The summed E-state index contributed by atoms with van der Waals surface area (Å²) in [7, 11) is 0. The predicted molar refractivity (Wildman–Crippen MR) is 143 cm³/mol. The summed E-state index contributed by atoms with van der Waals surface area (Å²) < 4.78 is 5.45. The van der Waals surface area contributed by atoms with Crippen LogP contribution in [0.5, 0.6) is 0 Å². The number of benzene rings is 2. The lowest BCUT2D eigenvalue weighted by Gasteiger charge is -2.31. The number of anilines is 1. The normalized spacial score (nSPS) is 22.2. The van der Waals surface area contributed by atoms with Crippen molar-refractivity contribution in [2.24, 2.45) is 5.92 Å². The number of amides is 1. The number of fused-ring (bicyclic) bond motifs is 1. The van der Waals surface area contributed by atoms with Crippen molar-refractivity contribution in [1.82, 2.24) is 15.1 Å². The van der Waals surface area contributed by atoms with Crippen LogP contribution in [-0.4, -0.2) is 59.9 Å². The summed E-state index contributed by atoms with van der Waals surface area (Å²) in [6.07, 6.45) is 6.15. The first-order chi connectivity index (χ1) is 17.6. The molecule has 36 heavy (non-hydrogen) atoms. The largest absolute Gasteiger partial charge is 0.378 e. The molecule has 2 aromatic carbocycles. The molecule has 1 aromatic heterocycles. The van der Waals surface area contributed by atoms with Gasteiger partial charge in [0, 0.05) is 53.5 Å². The van der Waals surface area contributed by atoms with Crippen LogP contribution in [0.1, 0.15) is 29.7 Å². The van der Waals surface area contributed by atoms with Gasteiger partial charge in [0.2, 0.25) is 5.91 Å². The number of nitrogens with one attached hydrogen (secondary N) is 1. The molecule has 2 fully saturated rings. The number of hydrogen-bond acceptors (Lipinski definition) is 4. The molecular weight excluding hydrogens is 495 g/mol. The number of halogens is 2. The third kappa shape index (κ3) is 4.62. The molecule has 0 spiro atoms. The maximum Gasteiger partial charge on any atom is 0.226 e. The Kier molecular flexibility index (Phi) is 6.67. The Bertz CT molecular complexity index is 1230. The summed E-state index contributed by atoms with van der Waals surface area (Å²) in [6, 6.07) is 12.7. The minimum atomic E-state index is -0.0793. The first kappa shape index (κ1) is 23.8. The molecule has 1 N–H and O–H groups in total. The van der Waals surface area contributed by atoms with Crippen molar-refractivity contribution < 1.29 is 9.53 Å². The number of ether oxygens (including phenoxy) is 1. The molecule has 8 heteroatoms. The number of H-pyrrole nitrogens is 1. The van der Waals surface area contributed by atoms with E-state index in [0.29, 0.717) is 16.5 Å². The topological polar surface area (TPSA) is 61.5 Å². The second kappa shape index (κ2) is 10.1. The summed E-state index contributed by atoms with van der Waals surface area (Å²) in [5.41, 5.74) is 6.50. The van der Waals surface area contributed by atoms with Crippen molar-refractivity contribution in [3.05, 3.63) is 69.5 Å². The van der Waals surface area contributed by atoms with Gasteiger partial charge >= 0.3 is 0 Å². The number of hydrogen-bond donors (Lipinski definition) is 1. The number of aromatic nitrogens is 2. The SMILES string of the molecule is O=C1C(Cc2c(Cl)cc(-c3ccc(N4CCOCC4)cc3)cc2Cl)CCN1C1CCc2n[nH]cc2C1. The van der Waals surface area contributed by atoms with Crippen LogP contribution in [0.25, 0.3) is 11.1 Å². The van der Waals surface area contributed by atoms with Crippen molar-refractivity contribution in [2.75, 3.05) is 37.7 Å². The van der Waals surface area contributed by atoms with E-state index in [1.54, 1.807) is 0 Å². The summed E-state index contributed by atoms with van der Waals surface area (Å²) in [4.78, 5) is 17.7. The zero-order valence-electron chi connectivity index (χ0n) is 20.2. The first-order valence-corrected chi connectivity index (χ1v) is 13.6. The molecule has 0 bridgehead atoms. The van der Waals surface area contributed by atoms with Crippen molar-refractivity contribution in [1.29, 1.82) is 0 Å². The molecule has 2 unspecified atom stereocenters. The molecular formula is C28H30Cl2N4O2. The van der Waals surface area contributed by atoms with Gasteiger partial charge in [0.1, 0.15) is 0 Å². The van der Waals surface area contributed by atoms with E-state index in [9.17, 15) is 4.79 Å². The Morgan fingerprint density at radius 3 is 2.50 bits per heavy atom. The van der Waals surface area contributed by atoms with Gasteiger partial charge in [-0.1, -0.05) is 35.3 Å². The van der Waals surface area contributed by atoms with E-state index in [0.717, 1.165) is 80.9 Å². The zero-order chi connectivity index (χ0) is 24.6. The van der Waals surface area contributed by atoms with E-state index in [-0.39, 0.29) is 17.9 Å². The van der Waals surface area contributed by atoms with Gasteiger partial charge in [0.15, 0.2) is 0 Å². The second-order valence-corrected chi connectivity index (χ2v) is 10.9. The Hall–Kier alpha value is -2.54. The van der Waals surface area contributed by atoms with E-state index in [2.05, 4.69) is 44.3 Å². The maximum absolute atomic E-state index is 13.3. The van der Waals surface area contributed by atoms with Gasteiger partial charge in [0.25, 0.3) is 0 Å². The molecule has 0 radical (unpaired) electrons. The number of morpholine rings is 1. The lowest BCUT2D eigenvalue weighted by molar-refractivity contribution is -0.133. The fourth-order valence-electron chi connectivity index (χ4n) is 5.87. The van der Waals surface area contributed by atoms with Crippen molar-refractivity contribution in [2.45, 2.75) is 38.1 Å². The number of aryl methyl sites for hydroxylation is 1. The van der Waals surface area contributed by atoms with Gasteiger partial charge in [-0.25, -0.2) is 0 Å². The van der Waals surface area contributed by atoms with Crippen LogP contribution in [-0.2, 0) is 28.8 Å². The number of carbonyl (C=O) groups is 1. The van der Waals surface area contributed by atoms with Crippen LogP contribution in [0.4, 0.5) is 5.69 Å². The summed E-state index contributed by atoms with van der Waals surface area (Å²) >= 11 is 13.5. The molecule has 6 rings (SSSR count). The lowest BCUT2D eigenvalue weighted by atomic mass is 9.92. The Balaban J connectivity index is 1.14. The number of aromatic amines is 1. The molecule has 2 atom stereocenters. The lowest BCUT2D eigenvalue weighted by Crippen LogP contribution is -2.41. The van der Waals surface area contributed by atoms with Crippen molar-refractivity contribution in [3.8, 4) is 11.1 Å². The standard InChI is InChI=1S/C28H30Cl2N4O2/c29-25-15-20(18-1-3-22(4-2-18)33-9-11-36-12-10-33)16-26(30)24(25)14-19-7-8-34(28(19)35)23-5-6-27-21(13-23)17-31-32-27/h1-4,15-17,19,23H,5-14H2,(H,31,32). The van der Waals surface area contributed by atoms with Crippen LogP contribution < -0.4 is 4.90 Å². The smallest absolute Gasteiger partial charge is 0.226 e. The van der Waals surface area contributed by atoms with Crippen LogP contribution >= 0.6 is 23.2 Å². The Morgan fingerprint density at radius 1 is 1.00 bits per heavy atom. The van der Waals surface area contributed by atoms with Crippen LogP contribution in [0.15, 0.2) is 42.6 Å². The van der Waals surface area contributed by atoms with Gasteiger partial charge < -0.3 is 14.5 Å². The average Bonchev–Trinajstić information content (AvgIpc) is 3.52. The molecule has 188 valence electrons. The number of nitrogens with zero attached hydrogens (tertiary/aromatic N) is 3. The van der Waals surface area contributed by atoms with Crippen molar-refractivity contribution >= 4 is 34.8 Å². The fraction of sp³-hybridized carbons (Fsp3) is 0.429. The van der Waals surface area contributed by atoms with Crippen LogP contribution in [0.2, 0.25) is 10.0 Å².